The van der Waals surface area contributed by atoms with Crippen molar-refractivity contribution < 1.29 is 23.9 Å². The Morgan fingerprint density at radius 1 is 0.923 bits per heavy atom. The predicted octanol–water partition coefficient (Wildman–Crippen LogP) is 1.82. The minimum atomic E-state index is -1.18. The number of benzene rings is 2. The van der Waals surface area contributed by atoms with E-state index in [1.54, 1.807) is 60.7 Å². The predicted molar refractivity (Wildman–Crippen MR) is 94.2 cm³/mol. The SMILES string of the molecule is C#CCOC(=O)C(COC(=O)c1ccccc1)NC(=O)c1ccccc1. The quantitative estimate of drug-likeness (QED) is 0.608. The number of hydrogen-bond donors (Lipinski definition) is 1. The van der Waals surface area contributed by atoms with E-state index in [9.17, 15) is 14.4 Å². The van der Waals surface area contributed by atoms with Gasteiger partial charge in [0.25, 0.3) is 5.91 Å². The first-order chi connectivity index (χ1) is 12.6. The van der Waals surface area contributed by atoms with Crippen molar-refractivity contribution in [2.24, 2.45) is 0 Å². The molecule has 0 bridgehead atoms. The first kappa shape index (κ1) is 18.7. The number of amides is 1. The third kappa shape index (κ3) is 5.49. The zero-order valence-corrected chi connectivity index (χ0v) is 13.9. The topological polar surface area (TPSA) is 81.7 Å². The maximum absolute atomic E-state index is 12.2. The number of rotatable bonds is 7. The van der Waals surface area contributed by atoms with Crippen molar-refractivity contribution >= 4 is 17.8 Å². The van der Waals surface area contributed by atoms with E-state index in [0.717, 1.165) is 0 Å². The summed E-state index contributed by atoms with van der Waals surface area (Å²) in [6, 6.07) is 15.4. The average molecular weight is 351 g/mol. The zero-order chi connectivity index (χ0) is 18.8. The molecule has 1 unspecified atom stereocenters. The van der Waals surface area contributed by atoms with Crippen molar-refractivity contribution in [3.63, 3.8) is 0 Å². The molecule has 0 spiro atoms. The van der Waals surface area contributed by atoms with E-state index >= 15 is 0 Å². The Balaban J connectivity index is 2.03. The zero-order valence-electron chi connectivity index (χ0n) is 13.9. The lowest BCUT2D eigenvalue weighted by atomic mass is 10.2. The van der Waals surface area contributed by atoms with Gasteiger partial charge in [0.05, 0.1) is 5.56 Å². The monoisotopic (exact) mass is 351 g/mol. The normalized spacial score (nSPS) is 10.9. The molecular formula is C20H17NO5. The number of hydrogen-bond acceptors (Lipinski definition) is 5. The Morgan fingerprint density at radius 2 is 1.50 bits per heavy atom. The number of esters is 2. The fourth-order valence-corrected chi connectivity index (χ4v) is 2.03. The van der Waals surface area contributed by atoms with Gasteiger partial charge in [0.1, 0.15) is 6.61 Å². The summed E-state index contributed by atoms with van der Waals surface area (Å²) in [6.07, 6.45) is 5.07. The molecule has 26 heavy (non-hydrogen) atoms. The highest BCUT2D eigenvalue weighted by atomic mass is 16.6. The summed E-state index contributed by atoms with van der Waals surface area (Å²) in [5.41, 5.74) is 0.689. The third-order valence-electron chi connectivity index (χ3n) is 3.31. The summed E-state index contributed by atoms with van der Waals surface area (Å²) in [7, 11) is 0. The number of carbonyl (C=O) groups excluding carboxylic acids is 3. The fourth-order valence-electron chi connectivity index (χ4n) is 2.03. The van der Waals surface area contributed by atoms with Gasteiger partial charge in [-0.25, -0.2) is 9.59 Å². The van der Waals surface area contributed by atoms with Crippen molar-refractivity contribution in [3.8, 4) is 12.3 Å². The van der Waals surface area contributed by atoms with Gasteiger partial charge in [-0.05, 0) is 24.3 Å². The Hall–Kier alpha value is -3.59. The lowest BCUT2D eigenvalue weighted by Crippen LogP contribution is -2.45. The molecule has 6 nitrogen and oxygen atoms in total. The molecule has 0 aliphatic rings. The second kappa shape index (κ2) is 9.64. The fraction of sp³-hybridized carbons (Fsp3) is 0.150. The van der Waals surface area contributed by atoms with Crippen LogP contribution in [0.25, 0.3) is 0 Å². The van der Waals surface area contributed by atoms with Crippen molar-refractivity contribution in [2.45, 2.75) is 6.04 Å². The molecule has 1 atom stereocenters. The van der Waals surface area contributed by atoms with Crippen LogP contribution in [0.15, 0.2) is 60.7 Å². The van der Waals surface area contributed by atoms with Crippen LogP contribution < -0.4 is 5.32 Å². The summed E-state index contributed by atoms with van der Waals surface area (Å²) < 4.78 is 9.97. The highest BCUT2D eigenvalue weighted by molar-refractivity contribution is 5.97. The average Bonchev–Trinajstić information content (AvgIpc) is 2.70. The van der Waals surface area contributed by atoms with Crippen LogP contribution >= 0.6 is 0 Å². The molecule has 1 amide bonds. The lowest BCUT2D eigenvalue weighted by Gasteiger charge is -2.17. The largest absolute Gasteiger partial charge is 0.459 e. The Kier molecular flexibility index (Phi) is 6.95. The number of ether oxygens (including phenoxy) is 2. The summed E-state index contributed by atoms with van der Waals surface area (Å²) in [5.74, 6) is 0.269. The highest BCUT2D eigenvalue weighted by Crippen LogP contribution is 2.04. The van der Waals surface area contributed by atoms with Gasteiger partial charge in [-0.2, -0.15) is 0 Å². The van der Waals surface area contributed by atoms with Crippen molar-refractivity contribution in [1.29, 1.82) is 0 Å². The third-order valence-corrected chi connectivity index (χ3v) is 3.31. The Morgan fingerprint density at radius 3 is 2.08 bits per heavy atom. The summed E-state index contributed by atoms with van der Waals surface area (Å²) in [5, 5.41) is 2.49. The molecule has 0 fully saturated rings. The lowest BCUT2D eigenvalue weighted by molar-refractivity contribution is -0.145. The molecule has 6 heteroatoms. The van der Waals surface area contributed by atoms with Crippen LogP contribution in [0.5, 0.6) is 0 Å². The van der Waals surface area contributed by atoms with Gasteiger partial charge in [-0.15, -0.1) is 6.42 Å². The number of nitrogens with one attached hydrogen (secondary N) is 1. The maximum Gasteiger partial charge on any atom is 0.338 e. The van der Waals surface area contributed by atoms with Gasteiger partial charge in [0.2, 0.25) is 0 Å². The van der Waals surface area contributed by atoms with Gasteiger partial charge in [0, 0.05) is 5.56 Å². The van der Waals surface area contributed by atoms with E-state index in [1.165, 1.54) is 0 Å². The van der Waals surface area contributed by atoms with Crippen LogP contribution in [0.3, 0.4) is 0 Å². The van der Waals surface area contributed by atoms with Crippen molar-refractivity contribution in [2.75, 3.05) is 13.2 Å². The molecule has 0 radical (unpaired) electrons. The molecular weight excluding hydrogens is 334 g/mol. The number of terminal acetylenes is 1. The van der Waals surface area contributed by atoms with Crippen LogP contribution in [0.1, 0.15) is 20.7 Å². The molecule has 0 heterocycles. The van der Waals surface area contributed by atoms with Crippen molar-refractivity contribution in [1.82, 2.24) is 5.32 Å². The molecule has 0 saturated carbocycles. The molecule has 132 valence electrons. The first-order valence-electron chi connectivity index (χ1n) is 7.80. The molecule has 2 aromatic carbocycles. The van der Waals surface area contributed by atoms with Gasteiger partial charge in [-0.1, -0.05) is 42.3 Å². The van der Waals surface area contributed by atoms with Crippen LogP contribution in [-0.4, -0.2) is 37.1 Å². The Bertz CT molecular complexity index is 796. The van der Waals surface area contributed by atoms with Crippen LogP contribution in [-0.2, 0) is 14.3 Å². The smallest absolute Gasteiger partial charge is 0.338 e. The molecule has 2 aromatic rings. The van der Waals surface area contributed by atoms with Gasteiger partial charge in [-0.3, -0.25) is 4.79 Å². The van der Waals surface area contributed by atoms with E-state index in [1.807, 2.05) is 0 Å². The van der Waals surface area contributed by atoms with Gasteiger partial charge >= 0.3 is 11.9 Å². The van der Waals surface area contributed by atoms with E-state index in [-0.39, 0.29) is 13.2 Å². The Labute approximate surface area is 151 Å². The molecule has 1 N–H and O–H groups in total. The molecule has 2 rings (SSSR count). The summed E-state index contributed by atoms with van der Waals surface area (Å²) in [6.45, 7) is -0.626. The van der Waals surface area contributed by atoms with E-state index in [4.69, 9.17) is 15.9 Å². The molecule has 0 saturated heterocycles. The maximum atomic E-state index is 12.2. The second-order valence-corrected chi connectivity index (χ2v) is 5.17. The van der Waals surface area contributed by atoms with E-state index in [2.05, 4.69) is 11.2 Å². The van der Waals surface area contributed by atoms with Gasteiger partial charge in [0.15, 0.2) is 12.6 Å². The molecule has 0 aliphatic heterocycles. The second-order valence-electron chi connectivity index (χ2n) is 5.17. The van der Waals surface area contributed by atoms with Crippen LogP contribution in [0.2, 0.25) is 0 Å². The molecule has 0 aromatic heterocycles. The van der Waals surface area contributed by atoms with Crippen LogP contribution in [0, 0.1) is 12.3 Å². The highest BCUT2D eigenvalue weighted by Gasteiger charge is 2.25. The minimum Gasteiger partial charge on any atom is -0.459 e. The first-order valence-corrected chi connectivity index (χ1v) is 7.80. The standard InChI is InChI=1S/C20H17NO5/c1-2-13-25-20(24)17(21-18(22)15-9-5-3-6-10-15)14-26-19(23)16-11-7-4-8-12-16/h1,3-12,17H,13-14H2,(H,21,22). The minimum absolute atomic E-state index is 0.247. The molecule has 0 aliphatic carbocycles. The van der Waals surface area contributed by atoms with Gasteiger partial charge < -0.3 is 14.8 Å². The van der Waals surface area contributed by atoms with Crippen molar-refractivity contribution in [3.05, 3.63) is 71.8 Å². The summed E-state index contributed by atoms with van der Waals surface area (Å²) >= 11 is 0. The van der Waals surface area contributed by atoms with E-state index < -0.39 is 23.9 Å². The van der Waals surface area contributed by atoms with E-state index in [0.29, 0.717) is 11.1 Å². The summed E-state index contributed by atoms with van der Waals surface area (Å²) in [4.78, 5) is 36.4. The van der Waals surface area contributed by atoms with Crippen LogP contribution in [0.4, 0.5) is 0 Å². The number of carbonyl (C=O) groups is 3.